The number of guanidine groups is 1. The van der Waals surface area contributed by atoms with Crippen LogP contribution in [0, 0.1) is 29.6 Å². The van der Waals surface area contributed by atoms with Crippen molar-refractivity contribution in [2.75, 3.05) is 20.2 Å². The Morgan fingerprint density at radius 2 is 1.45 bits per heavy atom. The Morgan fingerprint density at radius 1 is 0.813 bits per heavy atom. The molecule has 19 heteroatoms. The monoisotopic (exact) mass is 1070 g/mol. The number of nitrogens with zero attached hydrogens (tertiary/aromatic N) is 1. The van der Waals surface area contributed by atoms with Crippen LogP contribution in [0.3, 0.4) is 0 Å². The Labute approximate surface area is 446 Å². The predicted octanol–water partition coefficient (Wildman–Crippen LogP) is 3.84. The summed E-state index contributed by atoms with van der Waals surface area (Å²) in [5, 5.41) is 123. The van der Waals surface area contributed by atoms with E-state index in [1.807, 2.05) is 44.2 Å². The maximum atomic E-state index is 12.6. The fourth-order valence-corrected chi connectivity index (χ4v) is 9.54. The molecule has 2 aliphatic rings. The van der Waals surface area contributed by atoms with Crippen molar-refractivity contribution >= 4 is 17.9 Å². The molecule has 0 aromatic heterocycles. The number of carbonyl (C=O) groups excluding carboxylic acids is 1. The third-order valence-corrected chi connectivity index (χ3v) is 14.7. The number of rotatable bonds is 12. The second-order valence-corrected chi connectivity index (χ2v) is 21.6. The van der Waals surface area contributed by atoms with Gasteiger partial charge in [0.1, 0.15) is 18.6 Å². The third-order valence-electron chi connectivity index (χ3n) is 14.7. The van der Waals surface area contributed by atoms with Gasteiger partial charge in [0.25, 0.3) is 0 Å². The van der Waals surface area contributed by atoms with Crippen LogP contribution in [0.15, 0.2) is 64.7 Å². The van der Waals surface area contributed by atoms with E-state index in [4.69, 9.17) is 19.9 Å². The summed E-state index contributed by atoms with van der Waals surface area (Å²) in [5.74, 6) is -6.14. The highest BCUT2D eigenvalue weighted by Gasteiger charge is 2.50. The average Bonchev–Trinajstić information content (AvgIpc) is 3.32. The standard InChI is InChI=1S/C56H97N3O16/c1-34-17-15-19-36(3)47(64)30-48(65)40(7)45(62)23-22-37(4)50(67)32-56(72)54(71)49(66)29-44(75-56)28-43(74-52(70)31-51(68)69)26-41(60)25-42(61)27-46(63)35(2)20-16-21-39(6)53(73-33-34)38(5)18-13-11-9-10-12-14-24-59-55(57)58-8/h9-10,15-17,19-21,36-50,53-54,60-67,71-72H,11-14,18,22-33H2,1-8H3,(H,68,69)(H3,57,58,59)/b10-9+,19-15?,21-16?,34-17?,35-20?/t36-,37-,38-,39+,40-,41+,42+,43-,44-,45+,46-,47-,48-,49+,50-,53-,54-,56+/m0/s1. The highest BCUT2D eigenvalue weighted by Crippen LogP contribution is 2.36. The minimum absolute atomic E-state index is 0.00371. The summed E-state index contributed by atoms with van der Waals surface area (Å²) in [4.78, 5) is 27.8. The van der Waals surface area contributed by atoms with Crippen molar-refractivity contribution in [2.24, 2.45) is 40.3 Å². The normalized spacial score (nSPS) is 36.2. The summed E-state index contributed by atoms with van der Waals surface area (Å²) in [6, 6.07) is 0. The fraction of sp³-hybridized carbons (Fsp3) is 0.768. The number of esters is 1. The summed E-state index contributed by atoms with van der Waals surface area (Å²) in [5.41, 5.74) is 7.20. The molecule has 2 aliphatic heterocycles. The van der Waals surface area contributed by atoms with Crippen molar-refractivity contribution in [3.63, 3.8) is 0 Å². The van der Waals surface area contributed by atoms with Crippen LogP contribution in [0.5, 0.6) is 0 Å². The topological polar surface area (TPSA) is 335 Å². The SMILES string of the molecule is CN=C(N)NCCC/C=C/CCC[C@H](C)[C@@H]1OCC(C)=CC=C[C@H](C)[C@@H](O)C[C@H](O)[C@@H](C)[C@H](O)CC[C@H](C)[C@@H](O)C[C@@]2(O)O[C@@H](C[C@@H](OC(=O)CC(=O)O)C[C@H](O)C[C@@H](O)C[C@H](O)C(C)=CC=C[C@H]1C)C[C@@H](O)[C@@H]2O. The highest BCUT2D eigenvalue weighted by molar-refractivity contribution is 5.90. The number of unbranched alkanes of at least 4 members (excludes halogenated alkanes) is 2. The van der Waals surface area contributed by atoms with Crippen LogP contribution in [0.4, 0.5) is 0 Å². The molecule has 0 aromatic rings. The summed E-state index contributed by atoms with van der Waals surface area (Å²) in [6.45, 7) is 14.2. The number of aliphatic carboxylic acids is 1. The molecule has 18 atom stereocenters. The molecular weight excluding hydrogens is 971 g/mol. The molecule has 1 fully saturated rings. The second kappa shape index (κ2) is 35.0. The second-order valence-electron chi connectivity index (χ2n) is 21.6. The average molecular weight is 1070 g/mol. The minimum atomic E-state index is -2.50. The zero-order chi connectivity index (χ0) is 56.4. The Balaban J connectivity index is 2.40. The fourth-order valence-electron chi connectivity index (χ4n) is 9.54. The Kier molecular flexibility index (Phi) is 31.6. The van der Waals surface area contributed by atoms with Gasteiger partial charge in [0.05, 0.1) is 67.6 Å². The zero-order valence-electron chi connectivity index (χ0n) is 45.9. The lowest BCUT2D eigenvalue weighted by molar-refractivity contribution is -0.333. The van der Waals surface area contributed by atoms with Crippen LogP contribution in [0.1, 0.15) is 145 Å². The van der Waals surface area contributed by atoms with Gasteiger partial charge in [-0.3, -0.25) is 14.6 Å². The zero-order valence-corrected chi connectivity index (χ0v) is 45.9. The first-order valence-corrected chi connectivity index (χ1v) is 27.1. The van der Waals surface area contributed by atoms with Crippen molar-refractivity contribution in [2.45, 2.75) is 224 Å². The molecule has 432 valence electrons. The number of fused-ring (bicyclic) bond motifs is 2. The van der Waals surface area contributed by atoms with Gasteiger partial charge < -0.3 is 81.4 Å². The van der Waals surface area contributed by atoms with Crippen LogP contribution in [0.25, 0.3) is 0 Å². The molecule has 0 amide bonds. The quantitative estimate of drug-likeness (QED) is 0.0330. The first-order valence-electron chi connectivity index (χ1n) is 27.1. The van der Waals surface area contributed by atoms with E-state index < -0.39 is 110 Å². The van der Waals surface area contributed by atoms with Crippen molar-refractivity contribution in [3.05, 3.63) is 59.8 Å². The number of carbonyl (C=O) groups is 2. The number of aliphatic imine (C=N–C) groups is 1. The molecule has 2 heterocycles. The molecule has 0 saturated carbocycles. The van der Waals surface area contributed by atoms with E-state index in [9.17, 15) is 65.8 Å². The van der Waals surface area contributed by atoms with E-state index in [2.05, 4.69) is 36.3 Å². The summed E-state index contributed by atoms with van der Waals surface area (Å²) in [6.07, 6.45) is 3.73. The van der Waals surface area contributed by atoms with Crippen LogP contribution in [-0.4, -0.2) is 173 Å². The van der Waals surface area contributed by atoms with E-state index >= 15 is 0 Å². The highest BCUT2D eigenvalue weighted by atomic mass is 16.7. The first kappa shape index (κ1) is 67.5. The molecule has 0 unspecified atom stereocenters. The minimum Gasteiger partial charge on any atom is -0.481 e. The molecular formula is C56H97N3O16. The smallest absolute Gasteiger partial charge is 0.317 e. The van der Waals surface area contributed by atoms with E-state index in [0.717, 1.165) is 44.2 Å². The van der Waals surface area contributed by atoms with Gasteiger partial charge in [0, 0.05) is 69.9 Å². The molecule has 14 N–H and O–H groups in total. The van der Waals surface area contributed by atoms with E-state index in [1.165, 1.54) is 0 Å². The molecule has 0 radical (unpaired) electrons. The number of carboxylic acids is 1. The number of carboxylic acid groups (broad SMARTS) is 1. The van der Waals surface area contributed by atoms with E-state index in [0.29, 0.717) is 18.1 Å². The van der Waals surface area contributed by atoms with Crippen molar-refractivity contribution in [1.29, 1.82) is 0 Å². The van der Waals surface area contributed by atoms with Gasteiger partial charge in [-0.05, 0) is 88.2 Å². The molecule has 19 nitrogen and oxygen atoms in total. The van der Waals surface area contributed by atoms with Gasteiger partial charge in [0.15, 0.2) is 11.7 Å². The molecule has 0 spiro atoms. The first-order chi connectivity index (χ1) is 35.3. The van der Waals surface area contributed by atoms with Crippen LogP contribution in [0.2, 0.25) is 0 Å². The lowest BCUT2D eigenvalue weighted by Gasteiger charge is -2.45. The maximum Gasteiger partial charge on any atom is 0.317 e. The lowest BCUT2D eigenvalue weighted by Crippen LogP contribution is -2.60. The number of hydrogen-bond acceptors (Lipinski definition) is 16. The molecule has 75 heavy (non-hydrogen) atoms. The number of aliphatic hydroxyl groups is 10. The molecule has 0 aromatic carbocycles. The summed E-state index contributed by atoms with van der Waals surface area (Å²) < 4.78 is 17.9. The number of allylic oxidation sites excluding steroid dienone is 6. The van der Waals surface area contributed by atoms with Crippen LogP contribution in [-0.2, 0) is 23.8 Å². The van der Waals surface area contributed by atoms with E-state index in [1.54, 1.807) is 33.9 Å². The van der Waals surface area contributed by atoms with Crippen molar-refractivity contribution in [1.82, 2.24) is 5.32 Å². The number of aliphatic hydroxyl groups excluding tert-OH is 9. The van der Waals surface area contributed by atoms with E-state index in [-0.39, 0.29) is 75.2 Å². The largest absolute Gasteiger partial charge is 0.481 e. The summed E-state index contributed by atoms with van der Waals surface area (Å²) in [7, 11) is 1.64. The molecule has 0 aliphatic carbocycles. The summed E-state index contributed by atoms with van der Waals surface area (Å²) >= 11 is 0. The third kappa shape index (κ3) is 26.1. The van der Waals surface area contributed by atoms with Gasteiger partial charge >= 0.3 is 11.9 Å². The Morgan fingerprint density at radius 3 is 2.12 bits per heavy atom. The van der Waals surface area contributed by atoms with Gasteiger partial charge in [-0.15, -0.1) is 0 Å². The molecule has 1 saturated heterocycles. The van der Waals surface area contributed by atoms with Crippen molar-refractivity contribution in [3.8, 4) is 0 Å². The number of ether oxygens (including phenoxy) is 3. The van der Waals surface area contributed by atoms with Crippen LogP contribution < -0.4 is 11.1 Å². The van der Waals surface area contributed by atoms with Gasteiger partial charge in [0.2, 0.25) is 0 Å². The predicted molar refractivity (Wildman–Crippen MR) is 287 cm³/mol. The lowest BCUT2D eigenvalue weighted by atomic mass is 9.84. The maximum absolute atomic E-state index is 12.6. The molecule has 2 rings (SSSR count). The number of hydrogen-bond donors (Lipinski definition) is 13. The molecule has 2 bridgehead atoms. The number of nitrogens with one attached hydrogen (secondary N) is 1. The van der Waals surface area contributed by atoms with Gasteiger partial charge in [-0.2, -0.15) is 0 Å². The Hall–Kier alpha value is -3.57. The van der Waals surface area contributed by atoms with Gasteiger partial charge in [-0.25, -0.2) is 0 Å². The van der Waals surface area contributed by atoms with Gasteiger partial charge in [-0.1, -0.05) is 83.2 Å². The van der Waals surface area contributed by atoms with Crippen LogP contribution >= 0.6 is 0 Å². The number of nitrogens with two attached hydrogens (primary N) is 1. The Bertz CT molecular complexity index is 1840. The van der Waals surface area contributed by atoms with Crippen molar-refractivity contribution < 1.29 is 80.0 Å².